The molecule has 0 fully saturated rings. The Labute approximate surface area is 87.4 Å². The molecule has 0 aliphatic carbocycles. The molecule has 0 N–H and O–H groups in total. The SMILES string of the molecule is Cc1ccccc1C[N+](C)(C)C.[Cl-]. The van der Waals surface area contributed by atoms with Gasteiger partial charge in [-0.25, -0.2) is 0 Å². The van der Waals surface area contributed by atoms with Gasteiger partial charge in [-0.05, 0) is 12.5 Å². The van der Waals surface area contributed by atoms with Crippen LogP contribution < -0.4 is 12.4 Å². The highest BCUT2D eigenvalue weighted by Crippen LogP contribution is 2.11. The number of rotatable bonds is 2. The smallest absolute Gasteiger partial charge is 0.104 e. The number of quaternary nitrogens is 1. The van der Waals surface area contributed by atoms with Gasteiger partial charge in [-0.15, -0.1) is 0 Å². The maximum Gasteiger partial charge on any atom is 0.104 e. The Morgan fingerprint density at radius 1 is 1.08 bits per heavy atom. The van der Waals surface area contributed by atoms with Crippen LogP contribution in [0.15, 0.2) is 24.3 Å². The number of aryl methyl sites for hydroxylation is 1. The molecule has 0 aliphatic rings. The van der Waals surface area contributed by atoms with Crippen molar-refractivity contribution in [2.75, 3.05) is 21.1 Å². The molecule has 1 rings (SSSR count). The minimum absolute atomic E-state index is 0. The lowest BCUT2D eigenvalue weighted by Crippen LogP contribution is -3.00. The average molecular weight is 200 g/mol. The van der Waals surface area contributed by atoms with Gasteiger partial charge in [0.1, 0.15) is 6.54 Å². The third kappa shape index (κ3) is 4.30. The molecule has 74 valence electrons. The number of hydrogen-bond acceptors (Lipinski definition) is 0. The summed E-state index contributed by atoms with van der Waals surface area (Å²) >= 11 is 0. The largest absolute Gasteiger partial charge is 1.00 e. The van der Waals surface area contributed by atoms with Crippen molar-refractivity contribution < 1.29 is 16.9 Å². The molecule has 0 aromatic heterocycles. The van der Waals surface area contributed by atoms with Crippen LogP contribution >= 0.6 is 0 Å². The van der Waals surface area contributed by atoms with Crippen molar-refractivity contribution in [3.05, 3.63) is 35.4 Å². The highest BCUT2D eigenvalue weighted by atomic mass is 35.5. The number of halogens is 1. The Bertz CT molecular complexity index is 263. The highest BCUT2D eigenvalue weighted by Gasteiger charge is 2.09. The van der Waals surface area contributed by atoms with E-state index in [9.17, 15) is 0 Å². The summed E-state index contributed by atoms with van der Waals surface area (Å²) in [5.41, 5.74) is 2.84. The summed E-state index contributed by atoms with van der Waals surface area (Å²) in [6.07, 6.45) is 0. The monoisotopic (exact) mass is 199 g/mol. The molecule has 0 bridgehead atoms. The van der Waals surface area contributed by atoms with Crippen molar-refractivity contribution in [1.82, 2.24) is 0 Å². The highest BCUT2D eigenvalue weighted by molar-refractivity contribution is 5.24. The summed E-state index contributed by atoms with van der Waals surface area (Å²) in [4.78, 5) is 0. The minimum Gasteiger partial charge on any atom is -1.00 e. The van der Waals surface area contributed by atoms with Crippen LogP contribution in [0.3, 0.4) is 0 Å². The first-order valence-electron chi connectivity index (χ1n) is 4.34. The van der Waals surface area contributed by atoms with E-state index in [-0.39, 0.29) is 12.4 Å². The third-order valence-corrected chi connectivity index (χ3v) is 1.91. The molecule has 0 saturated carbocycles. The van der Waals surface area contributed by atoms with E-state index in [1.165, 1.54) is 11.1 Å². The van der Waals surface area contributed by atoms with Crippen LogP contribution in [0.4, 0.5) is 0 Å². The van der Waals surface area contributed by atoms with E-state index >= 15 is 0 Å². The molecular weight excluding hydrogens is 182 g/mol. The van der Waals surface area contributed by atoms with E-state index in [4.69, 9.17) is 0 Å². The predicted octanol–water partition coefficient (Wildman–Crippen LogP) is -0.795. The van der Waals surface area contributed by atoms with Crippen LogP contribution in [-0.4, -0.2) is 25.6 Å². The summed E-state index contributed by atoms with van der Waals surface area (Å²) in [6, 6.07) is 8.58. The zero-order valence-electron chi connectivity index (χ0n) is 8.84. The Balaban J connectivity index is 0.00000144. The van der Waals surface area contributed by atoms with Gasteiger partial charge in [0.05, 0.1) is 21.1 Å². The lowest BCUT2D eigenvalue weighted by atomic mass is 10.1. The van der Waals surface area contributed by atoms with Crippen LogP contribution in [0.25, 0.3) is 0 Å². The molecule has 0 atom stereocenters. The number of nitrogens with zero attached hydrogens (tertiary/aromatic N) is 1. The van der Waals surface area contributed by atoms with Gasteiger partial charge >= 0.3 is 0 Å². The summed E-state index contributed by atoms with van der Waals surface area (Å²) < 4.78 is 0.991. The first-order valence-corrected chi connectivity index (χ1v) is 4.34. The van der Waals surface area contributed by atoms with Crippen LogP contribution in [-0.2, 0) is 6.54 Å². The molecule has 0 aliphatic heterocycles. The van der Waals surface area contributed by atoms with Crippen molar-refractivity contribution in [2.45, 2.75) is 13.5 Å². The number of hydrogen-bond donors (Lipinski definition) is 0. The second-order valence-corrected chi connectivity index (χ2v) is 4.37. The molecule has 1 nitrogen and oxygen atoms in total. The third-order valence-electron chi connectivity index (χ3n) is 1.91. The fourth-order valence-corrected chi connectivity index (χ4v) is 1.30. The molecule has 1 aromatic carbocycles. The quantitative estimate of drug-likeness (QED) is 0.548. The molecule has 0 radical (unpaired) electrons. The summed E-state index contributed by atoms with van der Waals surface area (Å²) in [5.74, 6) is 0. The maximum absolute atomic E-state index is 2.21. The first kappa shape index (κ1) is 12.5. The van der Waals surface area contributed by atoms with E-state index in [0.717, 1.165) is 11.0 Å². The minimum atomic E-state index is 0. The molecule has 0 spiro atoms. The van der Waals surface area contributed by atoms with Crippen LogP contribution in [0.1, 0.15) is 11.1 Å². The molecule has 0 amide bonds. The molecular formula is C11H18ClN. The van der Waals surface area contributed by atoms with E-state index < -0.39 is 0 Å². The van der Waals surface area contributed by atoms with Gasteiger partial charge in [0.15, 0.2) is 0 Å². The summed E-state index contributed by atoms with van der Waals surface area (Å²) in [6.45, 7) is 3.28. The van der Waals surface area contributed by atoms with Crippen molar-refractivity contribution in [1.29, 1.82) is 0 Å². The summed E-state index contributed by atoms with van der Waals surface area (Å²) in [5, 5.41) is 0. The zero-order chi connectivity index (χ0) is 9.19. The molecule has 0 heterocycles. The van der Waals surface area contributed by atoms with Gasteiger partial charge in [-0.3, -0.25) is 0 Å². The van der Waals surface area contributed by atoms with Crippen LogP contribution in [0, 0.1) is 6.92 Å². The lowest BCUT2D eigenvalue weighted by Gasteiger charge is -2.24. The average Bonchev–Trinajstić information content (AvgIpc) is 1.91. The Hall–Kier alpha value is -0.530. The molecule has 13 heavy (non-hydrogen) atoms. The van der Waals surface area contributed by atoms with Crippen molar-refractivity contribution in [3.63, 3.8) is 0 Å². The van der Waals surface area contributed by atoms with Gasteiger partial charge in [0, 0.05) is 5.56 Å². The predicted molar refractivity (Wildman–Crippen MR) is 52.9 cm³/mol. The van der Waals surface area contributed by atoms with Gasteiger partial charge in [-0.2, -0.15) is 0 Å². The Morgan fingerprint density at radius 3 is 2.08 bits per heavy atom. The molecule has 2 heteroatoms. The van der Waals surface area contributed by atoms with Gasteiger partial charge < -0.3 is 16.9 Å². The Morgan fingerprint density at radius 2 is 1.62 bits per heavy atom. The molecule has 0 unspecified atom stereocenters. The Kier molecular flexibility index (Phi) is 4.45. The number of benzene rings is 1. The second kappa shape index (κ2) is 4.64. The van der Waals surface area contributed by atoms with Crippen molar-refractivity contribution in [2.24, 2.45) is 0 Å². The fraction of sp³-hybridized carbons (Fsp3) is 0.455. The molecule has 1 aromatic rings. The van der Waals surface area contributed by atoms with Crippen LogP contribution in [0.2, 0.25) is 0 Å². The zero-order valence-corrected chi connectivity index (χ0v) is 9.60. The first-order chi connectivity index (χ1) is 5.49. The second-order valence-electron chi connectivity index (χ2n) is 4.37. The van der Waals surface area contributed by atoms with Crippen LogP contribution in [0.5, 0.6) is 0 Å². The van der Waals surface area contributed by atoms with Crippen molar-refractivity contribution >= 4 is 0 Å². The van der Waals surface area contributed by atoms with Gasteiger partial charge in [-0.1, -0.05) is 24.3 Å². The lowest BCUT2D eigenvalue weighted by molar-refractivity contribution is -0.884. The maximum atomic E-state index is 2.21. The van der Waals surface area contributed by atoms with Crippen molar-refractivity contribution in [3.8, 4) is 0 Å². The summed E-state index contributed by atoms with van der Waals surface area (Å²) in [7, 11) is 6.64. The standard InChI is InChI=1S/C11H18N.ClH/c1-10-7-5-6-8-11(10)9-12(2,3)4;/h5-8H,9H2,1-4H3;1H/q+1;/p-1. The van der Waals surface area contributed by atoms with Gasteiger partial charge in [0.25, 0.3) is 0 Å². The molecule has 0 saturated heterocycles. The van der Waals surface area contributed by atoms with E-state index in [0.29, 0.717) is 0 Å². The topological polar surface area (TPSA) is 0 Å². The van der Waals surface area contributed by atoms with E-state index in [1.54, 1.807) is 0 Å². The van der Waals surface area contributed by atoms with E-state index in [1.807, 2.05) is 0 Å². The fourth-order valence-electron chi connectivity index (χ4n) is 1.30. The van der Waals surface area contributed by atoms with Gasteiger partial charge in [0.2, 0.25) is 0 Å². The normalized spacial score (nSPS) is 10.8. The van der Waals surface area contributed by atoms with E-state index in [2.05, 4.69) is 52.3 Å².